The summed E-state index contributed by atoms with van der Waals surface area (Å²) in [5, 5.41) is 4.71. The van der Waals surface area contributed by atoms with Crippen molar-refractivity contribution >= 4 is 11.3 Å². The highest BCUT2D eigenvalue weighted by atomic mass is 32.1. The number of rotatable bonds is 5. The standard InChI is InChI=1S/C14H24N2S/c1-9(2)12(8-15-4)13-10(3)16-14(17-13)11-6-5-7-11/h9,11-12,15H,5-8H2,1-4H3. The van der Waals surface area contributed by atoms with Crippen LogP contribution in [0, 0.1) is 12.8 Å². The summed E-state index contributed by atoms with van der Waals surface area (Å²) < 4.78 is 0. The fraction of sp³-hybridized carbons (Fsp3) is 0.786. The van der Waals surface area contributed by atoms with E-state index in [1.54, 1.807) is 0 Å². The van der Waals surface area contributed by atoms with Crippen molar-refractivity contribution in [3.8, 4) is 0 Å². The molecule has 1 aromatic heterocycles. The number of aromatic nitrogens is 1. The Labute approximate surface area is 109 Å². The van der Waals surface area contributed by atoms with Crippen LogP contribution >= 0.6 is 11.3 Å². The lowest BCUT2D eigenvalue weighted by Gasteiger charge is -2.23. The molecule has 0 aliphatic heterocycles. The molecule has 1 atom stereocenters. The third-order valence-electron chi connectivity index (χ3n) is 3.87. The Morgan fingerprint density at radius 1 is 1.41 bits per heavy atom. The van der Waals surface area contributed by atoms with Gasteiger partial charge < -0.3 is 5.32 Å². The quantitative estimate of drug-likeness (QED) is 0.864. The Morgan fingerprint density at radius 2 is 2.12 bits per heavy atom. The van der Waals surface area contributed by atoms with Crippen LogP contribution in [0.5, 0.6) is 0 Å². The minimum absolute atomic E-state index is 0.617. The zero-order valence-corrected chi connectivity index (χ0v) is 12.2. The largest absolute Gasteiger partial charge is 0.319 e. The lowest BCUT2D eigenvalue weighted by atomic mass is 9.86. The first-order chi connectivity index (χ1) is 8.13. The summed E-state index contributed by atoms with van der Waals surface area (Å²) in [7, 11) is 2.04. The molecule has 0 bridgehead atoms. The molecule has 1 N–H and O–H groups in total. The summed E-state index contributed by atoms with van der Waals surface area (Å²) in [6.07, 6.45) is 4.10. The maximum Gasteiger partial charge on any atom is 0.0961 e. The van der Waals surface area contributed by atoms with Gasteiger partial charge in [0.05, 0.1) is 10.7 Å². The van der Waals surface area contributed by atoms with Crippen LogP contribution in [0.4, 0.5) is 0 Å². The SMILES string of the molecule is CNCC(c1sc(C2CCC2)nc1C)C(C)C. The highest BCUT2D eigenvalue weighted by Gasteiger charge is 2.26. The van der Waals surface area contributed by atoms with Crippen LogP contribution in [0.3, 0.4) is 0 Å². The average molecular weight is 252 g/mol. The van der Waals surface area contributed by atoms with Crippen molar-refractivity contribution in [2.24, 2.45) is 5.92 Å². The van der Waals surface area contributed by atoms with E-state index in [1.165, 1.54) is 34.8 Å². The molecule has 96 valence electrons. The van der Waals surface area contributed by atoms with Crippen molar-refractivity contribution in [2.45, 2.75) is 51.9 Å². The Kier molecular flexibility index (Phi) is 4.21. The Balaban J connectivity index is 2.20. The van der Waals surface area contributed by atoms with E-state index < -0.39 is 0 Å². The highest BCUT2D eigenvalue weighted by molar-refractivity contribution is 7.12. The van der Waals surface area contributed by atoms with E-state index in [2.05, 4.69) is 26.1 Å². The number of hydrogen-bond donors (Lipinski definition) is 1. The molecule has 0 radical (unpaired) electrons. The molecule has 17 heavy (non-hydrogen) atoms. The van der Waals surface area contributed by atoms with Crippen molar-refractivity contribution in [3.05, 3.63) is 15.6 Å². The zero-order chi connectivity index (χ0) is 12.4. The predicted octanol–water partition coefficient (Wildman–Crippen LogP) is 3.68. The predicted molar refractivity (Wildman–Crippen MR) is 74.9 cm³/mol. The molecule has 1 aliphatic rings. The lowest BCUT2D eigenvalue weighted by molar-refractivity contribution is 0.418. The van der Waals surface area contributed by atoms with Gasteiger partial charge in [-0.1, -0.05) is 20.3 Å². The first kappa shape index (κ1) is 13.0. The van der Waals surface area contributed by atoms with E-state index >= 15 is 0 Å². The third-order valence-corrected chi connectivity index (χ3v) is 5.32. The van der Waals surface area contributed by atoms with Crippen LogP contribution in [0.15, 0.2) is 0 Å². The Morgan fingerprint density at radius 3 is 2.59 bits per heavy atom. The van der Waals surface area contributed by atoms with Gasteiger partial charge in [-0.05, 0) is 32.7 Å². The van der Waals surface area contributed by atoms with Crippen LogP contribution in [0.25, 0.3) is 0 Å². The summed E-state index contributed by atoms with van der Waals surface area (Å²) in [5.74, 6) is 2.07. The van der Waals surface area contributed by atoms with Gasteiger partial charge in [-0.2, -0.15) is 0 Å². The van der Waals surface area contributed by atoms with Crippen LogP contribution < -0.4 is 5.32 Å². The summed E-state index contributed by atoms with van der Waals surface area (Å²) in [4.78, 5) is 6.32. The molecular formula is C14H24N2S. The van der Waals surface area contributed by atoms with Gasteiger partial charge in [-0.15, -0.1) is 11.3 Å². The monoisotopic (exact) mass is 252 g/mol. The molecular weight excluding hydrogens is 228 g/mol. The molecule has 1 saturated carbocycles. The van der Waals surface area contributed by atoms with E-state index in [9.17, 15) is 0 Å². The average Bonchev–Trinajstić information content (AvgIpc) is 2.53. The number of likely N-dealkylation sites (N-methyl/N-ethyl adjacent to an activating group) is 1. The molecule has 0 spiro atoms. The van der Waals surface area contributed by atoms with Crippen molar-refractivity contribution in [1.82, 2.24) is 10.3 Å². The van der Waals surface area contributed by atoms with Crippen LogP contribution in [0.2, 0.25) is 0 Å². The molecule has 2 rings (SSSR count). The van der Waals surface area contributed by atoms with E-state index in [0.717, 1.165) is 12.5 Å². The number of nitrogens with zero attached hydrogens (tertiary/aromatic N) is 1. The molecule has 1 aromatic rings. The highest BCUT2D eigenvalue weighted by Crippen LogP contribution is 2.41. The van der Waals surface area contributed by atoms with Crippen LogP contribution in [-0.2, 0) is 0 Å². The van der Waals surface area contributed by atoms with Gasteiger partial charge in [0.1, 0.15) is 0 Å². The summed E-state index contributed by atoms with van der Waals surface area (Å²) in [6.45, 7) is 7.86. The fourth-order valence-corrected chi connectivity index (χ4v) is 3.97. The van der Waals surface area contributed by atoms with Gasteiger partial charge in [0.25, 0.3) is 0 Å². The van der Waals surface area contributed by atoms with Crippen molar-refractivity contribution in [3.63, 3.8) is 0 Å². The van der Waals surface area contributed by atoms with Gasteiger partial charge in [0, 0.05) is 23.3 Å². The van der Waals surface area contributed by atoms with E-state index in [0.29, 0.717) is 11.8 Å². The summed E-state index contributed by atoms with van der Waals surface area (Å²) in [6, 6.07) is 0. The second kappa shape index (κ2) is 5.49. The topological polar surface area (TPSA) is 24.9 Å². The normalized spacial score (nSPS) is 18.4. The van der Waals surface area contributed by atoms with E-state index in [-0.39, 0.29) is 0 Å². The molecule has 3 heteroatoms. The van der Waals surface area contributed by atoms with Gasteiger partial charge in [-0.25, -0.2) is 4.98 Å². The maximum atomic E-state index is 4.81. The summed E-state index contributed by atoms with van der Waals surface area (Å²) >= 11 is 1.97. The molecule has 1 fully saturated rings. The smallest absolute Gasteiger partial charge is 0.0961 e. The summed E-state index contributed by atoms with van der Waals surface area (Å²) in [5.41, 5.74) is 1.27. The lowest BCUT2D eigenvalue weighted by Crippen LogP contribution is -2.21. The number of thiazole rings is 1. The molecule has 2 nitrogen and oxygen atoms in total. The van der Waals surface area contributed by atoms with Crippen LogP contribution in [-0.4, -0.2) is 18.6 Å². The van der Waals surface area contributed by atoms with Crippen molar-refractivity contribution < 1.29 is 0 Å². The third kappa shape index (κ3) is 2.71. The minimum Gasteiger partial charge on any atom is -0.319 e. The maximum absolute atomic E-state index is 4.81. The van der Waals surface area contributed by atoms with Crippen molar-refractivity contribution in [1.29, 1.82) is 0 Å². The second-order valence-corrected chi connectivity index (χ2v) is 6.60. The molecule has 1 heterocycles. The fourth-order valence-electron chi connectivity index (χ4n) is 2.45. The zero-order valence-electron chi connectivity index (χ0n) is 11.4. The molecule has 0 saturated heterocycles. The number of hydrogen-bond acceptors (Lipinski definition) is 3. The first-order valence-electron chi connectivity index (χ1n) is 6.75. The molecule has 0 amide bonds. The minimum atomic E-state index is 0.617. The number of nitrogens with one attached hydrogen (secondary N) is 1. The second-order valence-electron chi connectivity index (χ2n) is 5.54. The Hall–Kier alpha value is -0.410. The van der Waals surface area contributed by atoms with E-state index in [1.807, 2.05) is 18.4 Å². The first-order valence-corrected chi connectivity index (χ1v) is 7.57. The molecule has 0 aromatic carbocycles. The Bertz CT molecular complexity index is 366. The van der Waals surface area contributed by atoms with Gasteiger partial charge in [-0.3, -0.25) is 0 Å². The molecule has 1 unspecified atom stereocenters. The van der Waals surface area contributed by atoms with Gasteiger partial charge >= 0.3 is 0 Å². The van der Waals surface area contributed by atoms with Crippen LogP contribution in [0.1, 0.15) is 60.5 Å². The molecule has 1 aliphatic carbocycles. The van der Waals surface area contributed by atoms with Gasteiger partial charge in [0.2, 0.25) is 0 Å². The van der Waals surface area contributed by atoms with Crippen molar-refractivity contribution in [2.75, 3.05) is 13.6 Å². The number of aryl methyl sites for hydroxylation is 1. The van der Waals surface area contributed by atoms with Gasteiger partial charge in [0.15, 0.2) is 0 Å². The van der Waals surface area contributed by atoms with E-state index in [4.69, 9.17) is 4.98 Å².